The molecule has 2 nitrogen and oxygen atoms in total. The highest BCUT2D eigenvalue weighted by Crippen LogP contribution is 2.25. The number of hydrogen-bond donors (Lipinski definition) is 0. The van der Waals surface area contributed by atoms with Gasteiger partial charge < -0.3 is 9.47 Å². The van der Waals surface area contributed by atoms with Gasteiger partial charge in [0.15, 0.2) is 0 Å². The van der Waals surface area contributed by atoms with Gasteiger partial charge in [0.05, 0.1) is 18.8 Å². The maximum Gasteiger partial charge on any atom is 0.128 e. The lowest BCUT2D eigenvalue weighted by atomic mass is 10.0. The average molecular weight is 224 g/mol. The standard InChI is InChI=1S/C13H17FO2/c1-13(7-4-8-16-13)10-15-9-11-5-2-3-6-12(11)14/h2-3,5-6H,4,7-10H2,1H3. The van der Waals surface area contributed by atoms with Crippen molar-refractivity contribution in [2.75, 3.05) is 13.2 Å². The number of ether oxygens (including phenoxy) is 2. The fourth-order valence-electron chi connectivity index (χ4n) is 1.94. The molecule has 1 aliphatic rings. The maximum absolute atomic E-state index is 13.3. The van der Waals surface area contributed by atoms with Crippen LogP contribution in [-0.4, -0.2) is 18.8 Å². The van der Waals surface area contributed by atoms with Crippen molar-refractivity contribution in [3.8, 4) is 0 Å². The van der Waals surface area contributed by atoms with Gasteiger partial charge in [-0.25, -0.2) is 4.39 Å². The number of rotatable bonds is 4. The van der Waals surface area contributed by atoms with Crippen molar-refractivity contribution in [3.05, 3.63) is 35.6 Å². The summed E-state index contributed by atoms with van der Waals surface area (Å²) in [4.78, 5) is 0. The molecule has 0 spiro atoms. The molecule has 1 unspecified atom stereocenters. The Hall–Kier alpha value is -0.930. The fraction of sp³-hybridized carbons (Fsp3) is 0.538. The molecule has 0 amide bonds. The Morgan fingerprint density at radius 1 is 1.44 bits per heavy atom. The Bertz CT molecular complexity index is 346. The van der Waals surface area contributed by atoms with E-state index in [0.717, 1.165) is 19.4 Å². The van der Waals surface area contributed by atoms with Crippen LogP contribution in [-0.2, 0) is 16.1 Å². The van der Waals surface area contributed by atoms with E-state index < -0.39 is 0 Å². The molecule has 0 aliphatic carbocycles. The van der Waals surface area contributed by atoms with Gasteiger partial charge >= 0.3 is 0 Å². The lowest BCUT2D eigenvalue weighted by Crippen LogP contribution is -2.29. The first-order valence-corrected chi connectivity index (χ1v) is 5.65. The molecule has 3 heteroatoms. The number of hydrogen-bond acceptors (Lipinski definition) is 2. The van der Waals surface area contributed by atoms with Gasteiger partial charge in [-0.2, -0.15) is 0 Å². The highest BCUT2D eigenvalue weighted by Gasteiger charge is 2.29. The first-order valence-electron chi connectivity index (χ1n) is 5.65. The van der Waals surface area contributed by atoms with E-state index in [4.69, 9.17) is 9.47 Å². The molecule has 1 atom stereocenters. The van der Waals surface area contributed by atoms with Crippen LogP contribution in [0.1, 0.15) is 25.3 Å². The molecule has 1 heterocycles. The second-order valence-corrected chi connectivity index (χ2v) is 4.49. The van der Waals surface area contributed by atoms with Crippen LogP contribution in [0.25, 0.3) is 0 Å². The molecule has 1 fully saturated rings. The molecular weight excluding hydrogens is 207 g/mol. The first-order chi connectivity index (χ1) is 7.70. The Kier molecular flexibility index (Phi) is 3.56. The van der Waals surface area contributed by atoms with E-state index in [1.54, 1.807) is 12.1 Å². The van der Waals surface area contributed by atoms with Crippen LogP contribution in [0, 0.1) is 5.82 Å². The third kappa shape index (κ3) is 2.80. The molecule has 0 radical (unpaired) electrons. The molecule has 0 aromatic heterocycles. The maximum atomic E-state index is 13.3. The summed E-state index contributed by atoms with van der Waals surface area (Å²) in [5.74, 6) is -0.208. The normalized spacial score (nSPS) is 24.9. The number of halogens is 1. The summed E-state index contributed by atoms with van der Waals surface area (Å²) < 4.78 is 24.4. The monoisotopic (exact) mass is 224 g/mol. The van der Waals surface area contributed by atoms with E-state index in [0.29, 0.717) is 18.8 Å². The van der Waals surface area contributed by atoms with Gasteiger partial charge in [0.2, 0.25) is 0 Å². The molecule has 1 aromatic carbocycles. The van der Waals surface area contributed by atoms with Crippen LogP contribution >= 0.6 is 0 Å². The van der Waals surface area contributed by atoms with Gasteiger partial charge in [0, 0.05) is 12.2 Å². The van der Waals surface area contributed by atoms with E-state index >= 15 is 0 Å². The highest BCUT2D eigenvalue weighted by molar-refractivity contribution is 5.16. The third-order valence-electron chi connectivity index (χ3n) is 2.92. The highest BCUT2D eigenvalue weighted by atomic mass is 19.1. The Morgan fingerprint density at radius 3 is 2.94 bits per heavy atom. The van der Waals surface area contributed by atoms with Gasteiger partial charge in [-0.1, -0.05) is 18.2 Å². The van der Waals surface area contributed by atoms with E-state index in [9.17, 15) is 4.39 Å². The van der Waals surface area contributed by atoms with Crippen molar-refractivity contribution in [1.29, 1.82) is 0 Å². The van der Waals surface area contributed by atoms with E-state index in [1.807, 2.05) is 13.0 Å². The predicted molar refractivity (Wildman–Crippen MR) is 59.6 cm³/mol. The zero-order valence-electron chi connectivity index (χ0n) is 9.54. The molecule has 0 N–H and O–H groups in total. The summed E-state index contributed by atoms with van der Waals surface area (Å²) in [6.45, 7) is 3.69. The van der Waals surface area contributed by atoms with Crippen LogP contribution in [0.15, 0.2) is 24.3 Å². The van der Waals surface area contributed by atoms with Gasteiger partial charge in [-0.05, 0) is 25.8 Å². The zero-order chi connectivity index (χ0) is 11.4. The summed E-state index contributed by atoms with van der Waals surface area (Å²) >= 11 is 0. The van der Waals surface area contributed by atoms with E-state index in [-0.39, 0.29) is 11.4 Å². The summed E-state index contributed by atoms with van der Waals surface area (Å²) in [7, 11) is 0. The van der Waals surface area contributed by atoms with Crippen LogP contribution in [0.3, 0.4) is 0 Å². The van der Waals surface area contributed by atoms with Crippen LogP contribution < -0.4 is 0 Å². The molecule has 0 saturated carbocycles. The van der Waals surface area contributed by atoms with Gasteiger partial charge in [-0.3, -0.25) is 0 Å². The molecule has 1 aromatic rings. The minimum atomic E-state index is -0.208. The van der Waals surface area contributed by atoms with Crippen LogP contribution in [0.4, 0.5) is 4.39 Å². The van der Waals surface area contributed by atoms with Crippen LogP contribution in [0.5, 0.6) is 0 Å². The topological polar surface area (TPSA) is 18.5 Å². The van der Waals surface area contributed by atoms with Crippen molar-refractivity contribution in [2.45, 2.75) is 32.0 Å². The lowest BCUT2D eigenvalue weighted by Gasteiger charge is -2.22. The van der Waals surface area contributed by atoms with E-state index in [2.05, 4.69) is 0 Å². The van der Waals surface area contributed by atoms with Crippen molar-refractivity contribution in [2.24, 2.45) is 0 Å². The molecular formula is C13H17FO2. The molecule has 88 valence electrons. The Balaban J connectivity index is 1.82. The minimum absolute atomic E-state index is 0.175. The van der Waals surface area contributed by atoms with Crippen molar-refractivity contribution >= 4 is 0 Å². The zero-order valence-corrected chi connectivity index (χ0v) is 9.54. The summed E-state index contributed by atoms with van der Waals surface area (Å²) in [5.41, 5.74) is 0.426. The van der Waals surface area contributed by atoms with Gasteiger partial charge in [0.1, 0.15) is 5.82 Å². The Morgan fingerprint density at radius 2 is 2.25 bits per heavy atom. The molecule has 0 bridgehead atoms. The van der Waals surface area contributed by atoms with Crippen molar-refractivity contribution in [3.63, 3.8) is 0 Å². The lowest BCUT2D eigenvalue weighted by molar-refractivity contribution is -0.0563. The molecule has 1 aliphatic heterocycles. The summed E-state index contributed by atoms with van der Waals surface area (Å²) in [6.07, 6.45) is 2.10. The minimum Gasteiger partial charge on any atom is -0.374 e. The SMILES string of the molecule is CC1(COCc2ccccc2F)CCCO1. The predicted octanol–water partition coefficient (Wildman–Crippen LogP) is 2.91. The Labute approximate surface area is 95.4 Å². The molecule has 16 heavy (non-hydrogen) atoms. The summed E-state index contributed by atoms with van der Waals surface area (Å²) in [6, 6.07) is 6.69. The largest absolute Gasteiger partial charge is 0.374 e. The fourth-order valence-corrected chi connectivity index (χ4v) is 1.94. The van der Waals surface area contributed by atoms with Gasteiger partial charge in [-0.15, -0.1) is 0 Å². The van der Waals surface area contributed by atoms with E-state index in [1.165, 1.54) is 6.07 Å². The third-order valence-corrected chi connectivity index (χ3v) is 2.92. The number of benzene rings is 1. The summed E-state index contributed by atoms with van der Waals surface area (Å²) in [5, 5.41) is 0. The average Bonchev–Trinajstić information content (AvgIpc) is 2.68. The van der Waals surface area contributed by atoms with Crippen molar-refractivity contribution in [1.82, 2.24) is 0 Å². The molecule has 2 rings (SSSR count). The quantitative estimate of drug-likeness (QED) is 0.783. The molecule has 1 saturated heterocycles. The smallest absolute Gasteiger partial charge is 0.128 e. The van der Waals surface area contributed by atoms with Gasteiger partial charge in [0.25, 0.3) is 0 Å². The van der Waals surface area contributed by atoms with Crippen LogP contribution in [0.2, 0.25) is 0 Å². The van der Waals surface area contributed by atoms with Crippen molar-refractivity contribution < 1.29 is 13.9 Å². The first kappa shape index (κ1) is 11.6. The second kappa shape index (κ2) is 4.93. The second-order valence-electron chi connectivity index (χ2n) is 4.49.